The summed E-state index contributed by atoms with van der Waals surface area (Å²) in [6.45, 7) is 8.01. The van der Waals surface area contributed by atoms with Crippen LogP contribution in [0.2, 0.25) is 0 Å². The number of esters is 2. The van der Waals surface area contributed by atoms with Crippen molar-refractivity contribution in [2.45, 2.75) is 84.6 Å². The van der Waals surface area contributed by atoms with Crippen molar-refractivity contribution in [2.75, 3.05) is 20.0 Å². The summed E-state index contributed by atoms with van der Waals surface area (Å²) in [4.78, 5) is 23.4. The Labute approximate surface area is 155 Å². The molecule has 0 aliphatic carbocycles. The molecule has 0 aromatic carbocycles. The van der Waals surface area contributed by atoms with Crippen LogP contribution in [-0.4, -0.2) is 55.7 Å². The molecule has 2 aliphatic heterocycles. The second-order valence-corrected chi connectivity index (χ2v) is 6.90. The predicted molar refractivity (Wildman–Crippen MR) is 92.1 cm³/mol. The lowest BCUT2D eigenvalue weighted by Crippen LogP contribution is -2.28. The molecule has 0 radical (unpaired) electrons. The molecule has 0 aromatic rings. The van der Waals surface area contributed by atoms with Crippen LogP contribution in [0.4, 0.5) is 0 Å². The van der Waals surface area contributed by atoms with Gasteiger partial charge in [0.25, 0.3) is 0 Å². The van der Waals surface area contributed by atoms with Crippen LogP contribution in [0, 0.1) is 0 Å². The molecule has 4 unspecified atom stereocenters. The molecule has 2 heterocycles. The lowest BCUT2D eigenvalue weighted by atomic mass is 10.2. The Morgan fingerprint density at radius 3 is 1.58 bits per heavy atom. The molecule has 0 bridgehead atoms. The molecular formula is C18H32O8. The van der Waals surface area contributed by atoms with E-state index in [1.807, 2.05) is 13.8 Å². The molecule has 152 valence electrons. The molecule has 0 saturated carbocycles. The van der Waals surface area contributed by atoms with Gasteiger partial charge in [0.05, 0.1) is 38.3 Å². The molecule has 4 atom stereocenters. The Morgan fingerprint density at radius 1 is 0.885 bits per heavy atom. The predicted octanol–water partition coefficient (Wildman–Crippen LogP) is 2.53. The largest absolute Gasteiger partial charge is 0.428 e. The van der Waals surface area contributed by atoms with Gasteiger partial charge in [-0.2, -0.15) is 0 Å². The fraction of sp³-hybridized carbons (Fsp3) is 0.889. The first-order chi connectivity index (χ1) is 11.7. The van der Waals surface area contributed by atoms with Crippen LogP contribution < -0.4 is 0 Å². The Balaban J connectivity index is 0.00000338. The zero-order valence-corrected chi connectivity index (χ0v) is 15.4. The molecule has 2 saturated heterocycles. The summed E-state index contributed by atoms with van der Waals surface area (Å²) in [5, 5.41) is 0. The molecule has 26 heavy (non-hydrogen) atoms. The van der Waals surface area contributed by atoms with Crippen LogP contribution in [0.1, 0.15) is 60.8 Å². The second-order valence-electron chi connectivity index (χ2n) is 6.90. The highest BCUT2D eigenvalue weighted by atomic mass is 16.7. The van der Waals surface area contributed by atoms with Gasteiger partial charge < -0.3 is 28.4 Å². The zero-order chi connectivity index (χ0) is 18.5. The van der Waals surface area contributed by atoms with Crippen molar-refractivity contribution in [1.82, 2.24) is 0 Å². The van der Waals surface area contributed by atoms with E-state index in [1.165, 1.54) is 0 Å². The van der Waals surface area contributed by atoms with Crippen LogP contribution in [0.5, 0.6) is 0 Å². The van der Waals surface area contributed by atoms with Crippen LogP contribution >= 0.6 is 0 Å². The van der Waals surface area contributed by atoms with Gasteiger partial charge >= 0.3 is 11.9 Å². The highest BCUT2D eigenvalue weighted by Crippen LogP contribution is 2.28. The molecule has 2 fully saturated rings. The maximum absolute atomic E-state index is 11.7. The third kappa shape index (κ3) is 7.19. The molecular weight excluding hydrogens is 344 g/mol. The molecule has 0 spiro atoms. The molecule has 0 N–H and O–H groups in total. The molecule has 2 aliphatic rings. The Bertz CT molecular complexity index is 440. The summed E-state index contributed by atoms with van der Waals surface area (Å²) in [7, 11) is 0. The quantitative estimate of drug-likeness (QED) is 0.472. The molecule has 8 heteroatoms. The van der Waals surface area contributed by atoms with Crippen LogP contribution in [0.15, 0.2) is 0 Å². The van der Waals surface area contributed by atoms with Crippen molar-refractivity contribution in [1.29, 1.82) is 0 Å². The summed E-state index contributed by atoms with van der Waals surface area (Å²) in [5.41, 5.74) is 0. The van der Waals surface area contributed by atoms with Gasteiger partial charge in [-0.05, 0) is 27.7 Å². The van der Waals surface area contributed by atoms with Crippen molar-refractivity contribution in [2.24, 2.45) is 0 Å². The lowest BCUT2D eigenvalue weighted by Gasteiger charge is -2.22. The fourth-order valence-corrected chi connectivity index (χ4v) is 2.80. The monoisotopic (exact) mass is 376 g/mol. The number of hydrogen-bond acceptors (Lipinski definition) is 8. The summed E-state index contributed by atoms with van der Waals surface area (Å²) in [6.07, 6.45) is 1.04. The lowest BCUT2D eigenvalue weighted by molar-refractivity contribution is -0.180. The van der Waals surface area contributed by atoms with E-state index in [-0.39, 0.29) is 32.5 Å². The third-order valence-corrected chi connectivity index (χ3v) is 4.15. The number of rotatable bonds is 8. The van der Waals surface area contributed by atoms with Crippen LogP contribution in [-0.2, 0) is 38.0 Å². The maximum Gasteiger partial charge on any atom is 0.308 e. The van der Waals surface area contributed by atoms with E-state index in [0.717, 1.165) is 0 Å². The van der Waals surface area contributed by atoms with Gasteiger partial charge in [-0.15, -0.1) is 0 Å². The zero-order valence-electron chi connectivity index (χ0n) is 15.4. The summed E-state index contributed by atoms with van der Waals surface area (Å²) in [5.74, 6) is -2.46. The van der Waals surface area contributed by atoms with Gasteiger partial charge in [-0.1, -0.05) is 7.43 Å². The normalized spacial score (nSPS) is 33.5. The molecule has 0 amide bonds. The molecule has 0 aromatic heterocycles. The average Bonchev–Trinajstić information content (AvgIpc) is 3.06. The van der Waals surface area contributed by atoms with E-state index in [9.17, 15) is 9.59 Å². The third-order valence-electron chi connectivity index (χ3n) is 4.15. The summed E-state index contributed by atoms with van der Waals surface area (Å²) >= 11 is 0. The second kappa shape index (κ2) is 9.64. The van der Waals surface area contributed by atoms with Gasteiger partial charge in [-0.3, -0.25) is 9.59 Å². The van der Waals surface area contributed by atoms with Gasteiger partial charge in [-0.25, -0.2) is 0 Å². The minimum atomic E-state index is -0.761. The van der Waals surface area contributed by atoms with Crippen molar-refractivity contribution in [3.8, 4) is 0 Å². The maximum atomic E-state index is 11.7. The summed E-state index contributed by atoms with van der Waals surface area (Å²) in [6, 6.07) is 0. The average molecular weight is 376 g/mol. The standard InChI is InChI=1S/C17H28O8.CH4/c1-12-9-22-16(3,24-12)7-5-14(18)20-11-21-15(19)6-8-17(4)23-10-13(2)25-17;/h12-13H,5-11H2,1-4H3;1H4. The topological polar surface area (TPSA) is 89.5 Å². The van der Waals surface area contributed by atoms with Gasteiger partial charge in [0, 0.05) is 12.8 Å². The minimum Gasteiger partial charge on any atom is -0.428 e. The first kappa shape index (κ1) is 22.8. The van der Waals surface area contributed by atoms with E-state index < -0.39 is 30.3 Å². The SMILES string of the molecule is C.CC1COC(C)(CCC(=O)OCOC(=O)CCC2(C)OCC(C)O2)O1. The van der Waals surface area contributed by atoms with E-state index in [0.29, 0.717) is 26.1 Å². The van der Waals surface area contributed by atoms with Gasteiger partial charge in [0.2, 0.25) is 6.79 Å². The number of carbonyl (C=O) groups excluding carboxylic acids is 2. The van der Waals surface area contributed by atoms with Crippen molar-refractivity contribution in [3.05, 3.63) is 0 Å². The van der Waals surface area contributed by atoms with Crippen molar-refractivity contribution >= 4 is 11.9 Å². The van der Waals surface area contributed by atoms with E-state index in [1.54, 1.807) is 13.8 Å². The van der Waals surface area contributed by atoms with Crippen molar-refractivity contribution < 1.29 is 38.0 Å². The van der Waals surface area contributed by atoms with E-state index in [4.69, 9.17) is 28.4 Å². The van der Waals surface area contributed by atoms with Crippen LogP contribution in [0.25, 0.3) is 0 Å². The van der Waals surface area contributed by atoms with Crippen LogP contribution in [0.3, 0.4) is 0 Å². The molecule has 2 rings (SSSR count). The number of carbonyl (C=O) groups is 2. The Morgan fingerprint density at radius 2 is 1.27 bits per heavy atom. The first-order valence-electron chi connectivity index (χ1n) is 8.64. The van der Waals surface area contributed by atoms with Gasteiger partial charge in [0.15, 0.2) is 11.6 Å². The Kier molecular flexibility index (Phi) is 8.46. The van der Waals surface area contributed by atoms with E-state index >= 15 is 0 Å². The fourth-order valence-electron chi connectivity index (χ4n) is 2.80. The van der Waals surface area contributed by atoms with Gasteiger partial charge in [0.1, 0.15) is 0 Å². The first-order valence-corrected chi connectivity index (χ1v) is 8.64. The number of ether oxygens (including phenoxy) is 6. The Hall–Kier alpha value is -1.22. The smallest absolute Gasteiger partial charge is 0.308 e. The highest BCUT2D eigenvalue weighted by molar-refractivity contribution is 5.71. The highest BCUT2D eigenvalue weighted by Gasteiger charge is 2.36. The minimum absolute atomic E-state index is 0. The number of hydrogen-bond donors (Lipinski definition) is 0. The van der Waals surface area contributed by atoms with Crippen molar-refractivity contribution in [3.63, 3.8) is 0 Å². The molecule has 8 nitrogen and oxygen atoms in total. The summed E-state index contributed by atoms with van der Waals surface area (Å²) < 4.78 is 32.0. The van der Waals surface area contributed by atoms with E-state index in [2.05, 4.69) is 0 Å².